The third-order valence-electron chi connectivity index (χ3n) is 3.43. The Hall–Kier alpha value is -2.00. The summed E-state index contributed by atoms with van der Waals surface area (Å²) in [4.78, 5) is 15.7. The lowest BCUT2D eigenvalue weighted by Gasteiger charge is -2.33. The second-order valence-corrected chi connectivity index (χ2v) is 4.81. The van der Waals surface area contributed by atoms with Crippen LogP contribution in [0.1, 0.15) is 15.9 Å². The van der Waals surface area contributed by atoms with Gasteiger partial charge in [-0.1, -0.05) is 0 Å². The number of aryl methyl sites for hydroxylation is 1. The Kier molecular flexibility index (Phi) is 4.30. The lowest BCUT2D eigenvalue weighted by molar-refractivity contribution is 0.0647. The van der Waals surface area contributed by atoms with Crippen molar-refractivity contribution < 1.29 is 13.6 Å². The monoisotopic (exact) mass is 279 g/mol. The van der Waals surface area contributed by atoms with Crippen molar-refractivity contribution in [3.05, 3.63) is 34.9 Å². The number of halogens is 2. The average molecular weight is 279 g/mol. The SMILES string of the molecule is Cc1cc(C(=O)N2CCN(CC#N)CC2)c(F)cc1F. The number of hydrogen-bond donors (Lipinski definition) is 0. The van der Waals surface area contributed by atoms with Gasteiger partial charge in [0.1, 0.15) is 11.6 Å². The van der Waals surface area contributed by atoms with Gasteiger partial charge >= 0.3 is 0 Å². The third-order valence-corrected chi connectivity index (χ3v) is 3.43. The molecule has 0 bridgehead atoms. The summed E-state index contributed by atoms with van der Waals surface area (Å²) in [6.45, 7) is 3.87. The number of hydrogen-bond acceptors (Lipinski definition) is 3. The predicted molar refractivity (Wildman–Crippen MR) is 69.1 cm³/mol. The Morgan fingerprint density at radius 1 is 1.25 bits per heavy atom. The van der Waals surface area contributed by atoms with Crippen molar-refractivity contribution >= 4 is 5.91 Å². The van der Waals surface area contributed by atoms with Crippen LogP contribution >= 0.6 is 0 Å². The van der Waals surface area contributed by atoms with E-state index in [2.05, 4.69) is 6.07 Å². The summed E-state index contributed by atoms with van der Waals surface area (Å²) >= 11 is 0. The molecule has 0 aromatic heterocycles. The van der Waals surface area contributed by atoms with Gasteiger partial charge in [0.05, 0.1) is 18.2 Å². The zero-order valence-corrected chi connectivity index (χ0v) is 11.2. The van der Waals surface area contributed by atoms with Crippen LogP contribution < -0.4 is 0 Å². The number of amides is 1. The Bertz CT molecular complexity index is 560. The van der Waals surface area contributed by atoms with Gasteiger partial charge in [-0.3, -0.25) is 9.69 Å². The molecule has 1 aromatic carbocycles. The first-order chi connectivity index (χ1) is 9.52. The summed E-state index contributed by atoms with van der Waals surface area (Å²) in [5, 5.41) is 8.61. The van der Waals surface area contributed by atoms with Crippen LogP contribution in [0, 0.1) is 29.9 Å². The third kappa shape index (κ3) is 2.94. The number of carbonyl (C=O) groups excluding carboxylic acids is 1. The van der Waals surface area contributed by atoms with Gasteiger partial charge in [-0.05, 0) is 18.6 Å². The Balaban J connectivity index is 2.10. The highest BCUT2D eigenvalue weighted by Gasteiger charge is 2.24. The van der Waals surface area contributed by atoms with Crippen molar-refractivity contribution in [1.29, 1.82) is 5.26 Å². The molecule has 1 aromatic rings. The van der Waals surface area contributed by atoms with E-state index in [9.17, 15) is 13.6 Å². The first-order valence-electron chi connectivity index (χ1n) is 6.37. The molecular weight excluding hydrogens is 264 g/mol. The number of piperazine rings is 1. The topological polar surface area (TPSA) is 47.3 Å². The van der Waals surface area contributed by atoms with Crippen LogP contribution in [0.5, 0.6) is 0 Å². The lowest BCUT2D eigenvalue weighted by Crippen LogP contribution is -2.48. The summed E-state index contributed by atoms with van der Waals surface area (Å²) in [7, 11) is 0. The van der Waals surface area contributed by atoms with Crippen LogP contribution in [0.3, 0.4) is 0 Å². The minimum Gasteiger partial charge on any atom is -0.336 e. The molecule has 106 valence electrons. The van der Waals surface area contributed by atoms with Crippen LogP contribution in [-0.2, 0) is 0 Å². The molecule has 2 rings (SSSR count). The molecule has 1 heterocycles. The lowest BCUT2D eigenvalue weighted by atomic mass is 10.1. The van der Waals surface area contributed by atoms with Gasteiger partial charge in [0.2, 0.25) is 0 Å². The van der Waals surface area contributed by atoms with Gasteiger partial charge < -0.3 is 4.90 Å². The first kappa shape index (κ1) is 14.4. The van der Waals surface area contributed by atoms with Gasteiger partial charge in [-0.2, -0.15) is 5.26 Å². The molecule has 1 saturated heterocycles. The maximum Gasteiger partial charge on any atom is 0.256 e. The molecule has 1 amide bonds. The van der Waals surface area contributed by atoms with E-state index in [4.69, 9.17) is 5.26 Å². The van der Waals surface area contributed by atoms with Crippen molar-refractivity contribution in [2.75, 3.05) is 32.7 Å². The van der Waals surface area contributed by atoms with Gasteiger partial charge in [-0.25, -0.2) is 8.78 Å². The van der Waals surface area contributed by atoms with Crippen LogP contribution in [0.15, 0.2) is 12.1 Å². The van der Waals surface area contributed by atoms with Crippen molar-refractivity contribution in [2.24, 2.45) is 0 Å². The molecule has 6 heteroatoms. The summed E-state index contributed by atoms with van der Waals surface area (Å²) in [5.74, 6) is -1.92. The van der Waals surface area contributed by atoms with Crippen molar-refractivity contribution in [3.63, 3.8) is 0 Å². The van der Waals surface area contributed by atoms with Gasteiger partial charge in [-0.15, -0.1) is 0 Å². The molecule has 4 nitrogen and oxygen atoms in total. The zero-order chi connectivity index (χ0) is 14.7. The molecule has 0 saturated carbocycles. The Labute approximate surface area is 116 Å². The second kappa shape index (κ2) is 5.97. The van der Waals surface area contributed by atoms with Gasteiger partial charge in [0.25, 0.3) is 5.91 Å². The minimum absolute atomic E-state index is 0.0994. The molecule has 1 aliphatic heterocycles. The summed E-state index contributed by atoms with van der Waals surface area (Å²) in [6.07, 6.45) is 0. The highest BCUT2D eigenvalue weighted by atomic mass is 19.1. The number of benzene rings is 1. The minimum atomic E-state index is -0.836. The molecule has 0 radical (unpaired) electrons. The standard InChI is InChI=1S/C14H15F2N3O/c1-10-8-11(13(16)9-12(10)15)14(20)19-6-4-18(3-2-17)5-7-19/h8-9H,3-7H2,1H3. The molecule has 0 atom stereocenters. The van der Waals surface area contributed by atoms with Gasteiger partial charge in [0, 0.05) is 32.2 Å². The summed E-state index contributed by atoms with van der Waals surface area (Å²) < 4.78 is 26.9. The van der Waals surface area contributed by atoms with Crippen LogP contribution in [0.2, 0.25) is 0 Å². The Morgan fingerprint density at radius 3 is 2.50 bits per heavy atom. The predicted octanol–water partition coefficient (Wildman–Crippen LogP) is 1.55. The van der Waals surface area contributed by atoms with E-state index in [1.807, 2.05) is 4.90 Å². The quantitative estimate of drug-likeness (QED) is 0.772. The van der Waals surface area contributed by atoms with Crippen LogP contribution in [0.4, 0.5) is 8.78 Å². The first-order valence-corrected chi connectivity index (χ1v) is 6.37. The second-order valence-electron chi connectivity index (χ2n) is 4.81. The number of rotatable bonds is 2. The molecule has 0 unspecified atom stereocenters. The fourth-order valence-electron chi connectivity index (χ4n) is 2.20. The largest absolute Gasteiger partial charge is 0.336 e. The van der Waals surface area contributed by atoms with E-state index in [1.165, 1.54) is 17.9 Å². The maximum absolute atomic E-state index is 13.7. The maximum atomic E-state index is 13.7. The fourth-order valence-corrected chi connectivity index (χ4v) is 2.20. The van der Waals surface area contributed by atoms with E-state index >= 15 is 0 Å². The smallest absolute Gasteiger partial charge is 0.256 e. The summed E-state index contributed by atoms with van der Waals surface area (Å²) in [5.41, 5.74) is 0.149. The molecule has 20 heavy (non-hydrogen) atoms. The molecule has 0 N–H and O–H groups in total. The van der Waals surface area contributed by atoms with E-state index in [1.54, 1.807) is 0 Å². The van der Waals surface area contributed by atoms with Crippen LogP contribution in [-0.4, -0.2) is 48.4 Å². The normalized spacial score (nSPS) is 16.0. The van der Waals surface area contributed by atoms with Crippen molar-refractivity contribution in [2.45, 2.75) is 6.92 Å². The number of carbonyl (C=O) groups is 1. The molecule has 0 aliphatic carbocycles. The zero-order valence-electron chi connectivity index (χ0n) is 11.2. The van der Waals surface area contributed by atoms with E-state index in [0.29, 0.717) is 32.7 Å². The van der Waals surface area contributed by atoms with Crippen LogP contribution in [0.25, 0.3) is 0 Å². The number of nitrogens with zero attached hydrogens (tertiary/aromatic N) is 3. The average Bonchev–Trinajstić information content (AvgIpc) is 2.43. The van der Waals surface area contributed by atoms with Crippen molar-refractivity contribution in [1.82, 2.24) is 9.80 Å². The van der Waals surface area contributed by atoms with E-state index in [0.717, 1.165) is 6.07 Å². The molecular formula is C14H15F2N3O. The van der Waals surface area contributed by atoms with E-state index < -0.39 is 17.5 Å². The summed E-state index contributed by atoms with van der Waals surface area (Å²) in [6, 6.07) is 4.05. The fraction of sp³-hybridized carbons (Fsp3) is 0.429. The molecule has 1 fully saturated rings. The van der Waals surface area contributed by atoms with E-state index in [-0.39, 0.29) is 11.1 Å². The molecule has 1 aliphatic rings. The Morgan fingerprint density at radius 2 is 1.90 bits per heavy atom. The van der Waals surface area contributed by atoms with Gasteiger partial charge in [0.15, 0.2) is 0 Å². The van der Waals surface area contributed by atoms with Crippen molar-refractivity contribution in [3.8, 4) is 6.07 Å². The highest BCUT2D eigenvalue weighted by molar-refractivity contribution is 5.94. The molecule has 0 spiro atoms. The number of nitriles is 1. The highest BCUT2D eigenvalue weighted by Crippen LogP contribution is 2.17.